The van der Waals surface area contributed by atoms with E-state index in [0.29, 0.717) is 17.9 Å². The van der Waals surface area contributed by atoms with Gasteiger partial charge in [-0.3, -0.25) is 4.79 Å². The van der Waals surface area contributed by atoms with Gasteiger partial charge in [-0.2, -0.15) is 0 Å². The number of amides is 1. The molecule has 0 aliphatic heterocycles. The number of benzene rings is 1. The standard InChI is InChI=1S/C14H15N3O2/c1-3-12-14(17-19-16-12)15-13(18)9-8-11-6-4-10(2)5-7-11/h4-9H,3H2,1-2H3,(H,15,17,18)/b9-8+. The fourth-order valence-electron chi connectivity index (χ4n) is 1.54. The molecule has 5 heteroatoms. The molecule has 0 aliphatic carbocycles. The number of nitrogens with one attached hydrogen (secondary N) is 1. The molecule has 0 fully saturated rings. The minimum absolute atomic E-state index is 0.258. The van der Waals surface area contributed by atoms with E-state index in [9.17, 15) is 4.79 Å². The summed E-state index contributed by atoms with van der Waals surface area (Å²) >= 11 is 0. The molecule has 0 radical (unpaired) electrons. The van der Waals surface area contributed by atoms with Crippen molar-refractivity contribution >= 4 is 17.8 Å². The summed E-state index contributed by atoms with van der Waals surface area (Å²) in [6.07, 6.45) is 3.85. The molecule has 1 N–H and O–H groups in total. The van der Waals surface area contributed by atoms with Crippen molar-refractivity contribution in [1.29, 1.82) is 0 Å². The smallest absolute Gasteiger partial charge is 0.249 e. The zero-order valence-corrected chi connectivity index (χ0v) is 10.9. The van der Waals surface area contributed by atoms with Crippen molar-refractivity contribution in [2.45, 2.75) is 20.3 Å². The van der Waals surface area contributed by atoms with Crippen molar-refractivity contribution in [3.63, 3.8) is 0 Å². The molecule has 98 valence electrons. The molecule has 1 heterocycles. The first-order chi connectivity index (χ1) is 9.19. The number of aromatic nitrogens is 2. The third-order valence-corrected chi connectivity index (χ3v) is 2.64. The second-order valence-corrected chi connectivity index (χ2v) is 4.15. The number of nitrogens with zero attached hydrogens (tertiary/aromatic N) is 2. The van der Waals surface area contributed by atoms with Gasteiger partial charge in [0.25, 0.3) is 0 Å². The summed E-state index contributed by atoms with van der Waals surface area (Å²) in [4.78, 5) is 11.7. The third-order valence-electron chi connectivity index (χ3n) is 2.64. The van der Waals surface area contributed by atoms with Gasteiger partial charge in [0.05, 0.1) is 0 Å². The Morgan fingerprint density at radius 2 is 2.05 bits per heavy atom. The van der Waals surface area contributed by atoms with E-state index >= 15 is 0 Å². The summed E-state index contributed by atoms with van der Waals surface area (Å²) < 4.78 is 4.57. The van der Waals surface area contributed by atoms with Gasteiger partial charge in [0.15, 0.2) is 0 Å². The lowest BCUT2D eigenvalue weighted by Gasteiger charge is -1.98. The number of aryl methyl sites for hydroxylation is 2. The van der Waals surface area contributed by atoms with E-state index in [4.69, 9.17) is 0 Å². The average molecular weight is 257 g/mol. The fraction of sp³-hybridized carbons (Fsp3) is 0.214. The summed E-state index contributed by atoms with van der Waals surface area (Å²) in [6, 6.07) is 7.89. The van der Waals surface area contributed by atoms with Crippen molar-refractivity contribution in [2.75, 3.05) is 5.32 Å². The molecule has 1 aromatic carbocycles. The van der Waals surface area contributed by atoms with Crippen LogP contribution in [0.2, 0.25) is 0 Å². The van der Waals surface area contributed by atoms with Crippen molar-refractivity contribution in [1.82, 2.24) is 10.3 Å². The highest BCUT2D eigenvalue weighted by Crippen LogP contribution is 2.10. The highest BCUT2D eigenvalue weighted by atomic mass is 16.6. The van der Waals surface area contributed by atoms with Crippen LogP contribution in [0.15, 0.2) is 35.0 Å². The number of carbonyl (C=O) groups is 1. The minimum Gasteiger partial charge on any atom is -0.303 e. The molecule has 5 nitrogen and oxygen atoms in total. The molecule has 0 atom stereocenters. The lowest BCUT2D eigenvalue weighted by Crippen LogP contribution is -2.09. The van der Waals surface area contributed by atoms with E-state index in [2.05, 4.69) is 20.3 Å². The largest absolute Gasteiger partial charge is 0.303 e. The fourth-order valence-corrected chi connectivity index (χ4v) is 1.54. The Labute approximate surface area is 111 Å². The molecule has 1 aromatic heterocycles. The summed E-state index contributed by atoms with van der Waals surface area (Å²) in [5.41, 5.74) is 2.79. The SMILES string of the molecule is CCc1nonc1NC(=O)/C=C/c1ccc(C)cc1. The number of rotatable bonds is 4. The van der Waals surface area contributed by atoms with Gasteiger partial charge < -0.3 is 5.32 Å². The Kier molecular flexibility index (Phi) is 4.07. The lowest BCUT2D eigenvalue weighted by atomic mass is 10.1. The van der Waals surface area contributed by atoms with Crippen molar-refractivity contribution in [3.05, 3.63) is 47.2 Å². The van der Waals surface area contributed by atoms with Crippen LogP contribution in [-0.4, -0.2) is 16.2 Å². The second kappa shape index (κ2) is 5.95. The molecule has 1 amide bonds. The van der Waals surface area contributed by atoms with Crippen LogP contribution in [0, 0.1) is 6.92 Å². The third kappa shape index (κ3) is 3.51. The van der Waals surface area contributed by atoms with Crippen LogP contribution in [0.3, 0.4) is 0 Å². The number of carbonyl (C=O) groups excluding carboxylic acids is 1. The molecular weight excluding hydrogens is 242 g/mol. The van der Waals surface area contributed by atoms with E-state index in [0.717, 1.165) is 5.56 Å². The summed E-state index contributed by atoms with van der Waals surface area (Å²) in [6.45, 7) is 3.93. The lowest BCUT2D eigenvalue weighted by molar-refractivity contribution is -0.111. The summed E-state index contributed by atoms with van der Waals surface area (Å²) in [7, 11) is 0. The topological polar surface area (TPSA) is 68.0 Å². The van der Waals surface area contributed by atoms with Gasteiger partial charge in [0.2, 0.25) is 11.7 Å². The van der Waals surface area contributed by atoms with Crippen LogP contribution < -0.4 is 5.32 Å². The maximum absolute atomic E-state index is 11.7. The Hall–Kier alpha value is -2.43. The molecule has 0 spiro atoms. The highest BCUT2D eigenvalue weighted by Gasteiger charge is 2.09. The molecule has 0 unspecified atom stereocenters. The second-order valence-electron chi connectivity index (χ2n) is 4.15. The summed E-state index contributed by atoms with van der Waals surface area (Å²) in [5, 5.41) is 9.96. The number of hydrogen-bond acceptors (Lipinski definition) is 4. The molecule has 2 rings (SSSR count). The van der Waals surface area contributed by atoms with Crippen LogP contribution >= 0.6 is 0 Å². The monoisotopic (exact) mass is 257 g/mol. The van der Waals surface area contributed by atoms with Gasteiger partial charge in [-0.1, -0.05) is 41.9 Å². The molecule has 2 aromatic rings. The van der Waals surface area contributed by atoms with Crippen molar-refractivity contribution < 1.29 is 9.42 Å². The molecule has 0 saturated heterocycles. The van der Waals surface area contributed by atoms with E-state index < -0.39 is 0 Å². The zero-order valence-electron chi connectivity index (χ0n) is 10.9. The molecular formula is C14H15N3O2. The van der Waals surface area contributed by atoms with E-state index in [1.165, 1.54) is 11.6 Å². The van der Waals surface area contributed by atoms with E-state index in [1.54, 1.807) is 6.08 Å². The number of anilines is 1. The molecule has 0 bridgehead atoms. The van der Waals surface area contributed by atoms with E-state index in [1.807, 2.05) is 38.1 Å². The maximum Gasteiger partial charge on any atom is 0.249 e. The molecule has 0 saturated carbocycles. The normalized spacial score (nSPS) is 10.8. The van der Waals surface area contributed by atoms with Crippen LogP contribution in [0.25, 0.3) is 6.08 Å². The van der Waals surface area contributed by atoms with Crippen LogP contribution in [0.4, 0.5) is 5.82 Å². The van der Waals surface area contributed by atoms with Gasteiger partial charge in [0.1, 0.15) is 5.69 Å². The van der Waals surface area contributed by atoms with Crippen LogP contribution in [0.1, 0.15) is 23.7 Å². The van der Waals surface area contributed by atoms with Crippen molar-refractivity contribution in [2.24, 2.45) is 0 Å². The van der Waals surface area contributed by atoms with Gasteiger partial charge in [-0.05, 0) is 30.1 Å². The Balaban J connectivity index is 1.99. The Bertz CT molecular complexity index is 585. The predicted molar refractivity (Wildman–Crippen MR) is 72.5 cm³/mol. The average Bonchev–Trinajstić information content (AvgIpc) is 2.85. The van der Waals surface area contributed by atoms with Gasteiger partial charge in [-0.25, -0.2) is 4.63 Å². The highest BCUT2D eigenvalue weighted by molar-refractivity contribution is 6.01. The Morgan fingerprint density at radius 3 is 2.74 bits per heavy atom. The molecule has 0 aliphatic rings. The zero-order chi connectivity index (χ0) is 13.7. The van der Waals surface area contributed by atoms with Gasteiger partial charge in [0, 0.05) is 6.08 Å². The maximum atomic E-state index is 11.7. The first-order valence-corrected chi connectivity index (χ1v) is 6.06. The first kappa shape index (κ1) is 13.0. The summed E-state index contributed by atoms with van der Waals surface area (Å²) in [5.74, 6) is 0.118. The van der Waals surface area contributed by atoms with Crippen molar-refractivity contribution in [3.8, 4) is 0 Å². The Morgan fingerprint density at radius 1 is 1.32 bits per heavy atom. The van der Waals surface area contributed by atoms with Crippen LogP contribution in [0.5, 0.6) is 0 Å². The van der Waals surface area contributed by atoms with E-state index in [-0.39, 0.29) is 5.91 Å². The van der Waals surface area contributed by atoms with Gasteiger partial charge >= 0.3 is 0 Å². The number of hydrogen-bond donors (Lipinski definition) is 1. The minimum atomic E-state index is -0.258. The quantitative estimate of drug-likeness (QED) is 0.855. The first-order valence-electron chi connectivity index (χ1n) is 6.06. The molecule has 19 heavy (non-hydrogen) atoms. The predicted octanol–water partition coefficient (Wildman–Crippen LogP) is 2.59. The van der Waals surface area contributed by atoms with Crippen LogP contribution in [-0.2, 0) is 11.2 Å². The van der Waals surface area contributed by atoms with Gasteiger partial charge in [-0.15, -0.1) is 0 Å².